The van der Waals surface area contributed by atoms with Gasteiger partial charge in [0.2, 0.25) is 15.9 Å². The molecule has 0 bridgehead atoms. The average molecular weight is 366 g/mol. The van der Waals surface area contributed by atoms with Crippen LogP contribution in [0.1, 0.15) is 6.42 Å². The van der Waals surface area contributed by atoms with Gasteiger partial charge >= 0.3 is 0 Å². The number of rotatable bonds is 5. The van der Waals surface area contributed by atoms with Gasteiger partial charge in [-0.3, -0.25) is 4.79 Å². The second kappa shape index (κ2) is 6.89. The Balaban J connectivity index is 1.63. The van der Waals surface area contributed by atoms with Crippen LogP contribution in [0.25, 0.3) is 0 Å². The van der Waals surface area contributed by atoms with Crippen molar-refractivity contribution in [3.63, 3.8) is 0 Å². The molecule has 2 aromatic rings. The van der Waals surface area contributed by atoms with Crippen molar-refractivity contribution in [1.82, 2.24) is 4.72 Å². The third-order valence-electron chi connectivity index (χ3n) is 4.03. The molecular formula is C17H16F2N2O3S. The SMILES string of the molecule is O=C1C[C@@H](CNS(=O)(=O)c2ccc(F)cc2)CN1c1ccc(F)cc1. The zero-order chi connectivity index (χ0) is 18.0. The number of halogens is 2. The molecule has 132 valence electrons. The first-order chi connectivity index (χ1) is 11.8. The van der Waals surface area contributed by atoms with E-state index in [1.54, 1.807) is 0 Å². The van der Waals surface area contributed by atoms with Gasteiger partial charge in [-0.2, -0.15) is 0 Å². The quantitative estimate of drug-likeness (QED) is 0.883. The Kier molecular flexibility index (Phi) is 4.82. The number of hydrogen-bond donors (Lipinski definition) is 1. The van der Waals surface area contributed by atoms with Crippen molar-refractivity contribution >= 4 is 21.6 Å². The van der Waals surface area contributed by atoms with E-state index < -0.39 is 15.8 Å². The molecule has 2 aromatic carbocycles. The van der Waals surface area contributed by atoms with Crippen LogP contribution < -0.4 is 9.62 Å². The first kappa shape index (κ1) is 17.5. The number of nitrogens with zero attached hydrogens (tertiary/aromatic N) is 1. The van der Waals surface area contributed by atoms with Gasteiger partial charge in [-0.1, -0.05) is 0 Å². The zero-order valence-corrected chi connectivity index (χ0v) is 14.0. The number of carbonyl (C=O) groups excluding carboxylic acids is 1. The van der Waals surface area contributed by atoms with Crippen LogP contribution in [0.5, 0.6) is 0 Å². The van der Waals surface area contributed by atoms with Crippen LogP contribution in [-0.2, 0) is 14.8 Å². The molecule has 0 saturated carbocycles. The number of carbonyl (C=O) groups is 1. The molecule has 1 heterocycles. The van der Waals surface area contributed by atoms with Gasteiger partial charge in [-0.15, -0.1) is 0 Å². The van der Waals surface area contributed by atoms with Crippen molar-refractivity contribution in [3.8, 4) is 0 Å². The summed E-state index contributed by atoms with van der Waals surface area (Å²) in [6.45, 7) is 0.430. The second-order valence-corrected chi connectivity index (χ2v) is 7.62. The molecule has 1 aliphatic heterocycles. The van der Waals surface area contributed by atoms with Crippen molar-refractivity contribution in [2.24, 2.45) is 5.92 Å². The summed E-state index contributed by atoms with van der Waals surface area (Å²) in [4.78, 5) is 13.6. The molecule has 1 amide bonds. The van der Waals surface area contributed by atoms with E-state index in [0.717, 1.165) is 12.1 Å². The fraction of sp³-hybridized carbons (Fsp3) is 0.235. The topological polar surface area (TPSA) is 66.5 Å². The van der Waals surface area contributed by atoms with Gasteiger partial charge in [0.15, 0.2) is 0 Å². The predicted octanol–water partition coefficient (Wildman–Crippen LogP) is 2.30. The summed E-state index contributed by atoms with van der Waals surface area (Å²) >= 11 is 0. The highest BCUT2D eigenvalue weighted by atomic mass is 32.2. The number of amides is 1. The van der Waals surface area contributed by atoms with Gasteiger partial charge in [0.1, 0.15) is 11.6 Å². The number of benzene rings is 2. The van der Waals surface area contributed by atoms with E-state index in [1.807, 2.05) is 0 Å². The Bertz CT molecular complexity index is 868. The summed E-state index contributed by atoms with van der Waals surface area (Å²) in [6, 6.07) is 10.1. The largest absolute Gasteiger partial charge is 0.312 e. The molecule has 0 aliphatic carbocycles. The van der Waals surface area contributed by atoms with Gasteiger partial charge in [-0.05, 0) is 54.4 Å². The summed E-state index contributed by atoms with van der Waals surface area (Å²) < 4.78 is 52.7. The normalized spacial score (nSPS) is 17.9. The number of sulfonamides is 1. The lowest BCUT2D eigenvalue weighted by molar-refractivity contribution is -0.117. The third-order valence-corrected chi connectivity index (χ3v) is 5.47. The van der Waals surface area contributed by atoms with Crippen LogP contribution in [0.2, 0.25) is 0 Å². The lowest BCUT2D eigenvalue weighted by Crippen LogP contribution is -2.31. The molecule has 3 rings (SSSR count). The van der Waals surface area contributed by atoms with E-state index in [-0.39, 0.29) is 35.5 Å². The van der Waals surface area contributed by atoms with Crippen LogP contribution in [0, 0.1) is 17.6 Å². The van der Waals surface area contributed by atoms with Crippen molar-refractivity contribution in [2.75, 3.05) is 18.0 Å². The summed E-state index contributed by atoms with van der Waals surface area (Å²) in [7, 11) is -3.77. The molecular weight excluding hydrogens is 350 g/mol. The van der Waals surface area contributed by atoms with Crippen LogP contribution in [0.3, 0.4) is 0 Å². The molecule has 0 aromatic heterocycles. The fourth-order valence-electron chi connectivity index (χ4n) is 2.71. The number of anilines is 1. The Morgan fingerprint density at radius 1 is 1.00 bits per heavy atom. The molecule has 1 N–H and O–H groups in total. The van der Waals surface area contributed by atoms with E-state index in [2.05, 4.69) is 4.72 Å². The highest BCUT2D eigenvalue weighted by molar-refractivity contribution is 7.89. The van der Waals surface area contributed by atoms with E-state index in [9.17, 15) is 22.0 Å². The molecule has 0 spiro atoms. The Labute approximate surface area is 144 Å². The van der Waals surface area contributed by atoms with Gasteiger partial charge in [-0.25, -0.2) is 21.9 Å². The number of hydrogen-bond acceptors (Lipinski definition) is 3. The summed E-state index contributed by atoms with van der Waals surface area (Å²) in [5.74, 6) is -1.25. The van der Waals surface area contributed by atoms with Gasteiger partial charge in [0, 0.05) is 25.2 Å². The minimum absolute atomic E-state index is 0.0337. The maximum atomic E-state index is 13.0. The standard InChI is InChI=1S/C17H16F2N2O3S/c18-13-1-5-15(6-2-13)21-11-12(9-17(21)22)10-20-25(23,24)16-7-3-14(19)4-8-16/h1-8,12,20H,9-11H2/t12-/m0/s1. The molecule has 25 heavy (non-hydrogen) atoms. The summed E-state index contributed by atoms with van der Waals surface area (Å²) in [5, 5.41) is 0. The van der Waals surface area contributed by atoms with Crippen molar-refractivity contribution in [3.05, 3.63) is 60.2 Å². The van der Waals surface area contributed by atoms with Crippen molar-refractivity contribution in [2.45, 2.75) is 11.3 Å². The van der Waals surface area contributed by atoms with E-state index in [1.165, 1.54) is 41.3 Å². The molecule has 1 saturated heterocycles. The Morgan fingerprint density at radius 2 is 1.56 bits per heavy atom. The lowest BCUT2D eigenvalue weighted by atomic mass is 10.1. The Hall–Kier alpha value is -2.32. The van der Waals surface area contributed by atoms with Crippen LogP contribution >= 0.6 is 0 Å². The summed E-state index contributed by atoms with van der Waals surface area (Å²) in [5.41, 5.74) is 0.579. The van der Waals surface area contributed by atoms with E-state index in [4.69, 9.17) is 0 Å². The molecule has 0 radical (unpaired) electrons. The zero-order valence-electron chi connectivity index (χ0n) is 13.2. The van der Waals surface area contributed by atoms with E-state index >= 15 is 0 Å². The number of nitrogens with one attached hydrogen (secondary N) is 1. The molecule has 5 nitrogen and oxygen atoms in total. The maximum Gasteiger partial charge on any atom is 0.240 e. The van der Waals surface area contributed by atoms with Crippen molar-refractivity contribution < 1.29 is 22.0 Å². The van der Waals surface area contributed by atoms with E-state index in [0.29, 0.717) is 12.2 Å². The van der Waals surface area contributed by atoms with Gasteiger partial charge < -0.3 is 4.90 Å². The maximum absolute atomic E-state index is 13.0. The van der Waals surface area contributed by atoms with Crippen molar-refractivity contribution in [1.29, 1.82) is 0 Å². The Morgan fingerprint density at radius 3 is 2.16 bits per heavy atom. The molecule has 1 atom stereocenters. The first-order valence-electron chi connectivity index (χ1n) is 7.66. The third kappa shape index (κ3) is 4.02. The fourth-order valence-corrected chi connectivity index (χ4v) is 3.83. The molecule has 8 heteroatoms. The van der Waals surface area contributed by atoms with Crippen LogP contribution in [0.4, 0.5) is 14.5 Å². The highest BCUT2D eigenvalue weighted by Gasteiger charge is 2.31. The first-order valence-corrected chi connectivity index (χ1v) is 9.14. The molecule has 1 fully saturated rings. The monoisotopic (exact) mass is 366 g/mol. The second-order valence-electron chi connectivity index (χ2n) is 5.86. The predicted molar refractivity (Wildman–Crippen MR) is 88.4 cm³/mol. The highest BCUT2D eigenvalue weighted by Crippen LogP contribution is 2.25. The minimum atomic E-state index is -3.77. The smallest absolute Gasteiger partial charge is 0.240 e. The van der Waals surface area contributed by atoms with Crippen LogP contribution in [0.15, 0.2) is 53.4 Å². The van der Waals surface area contributed by atoms with Gasteiger partial charge in [0.05, 0.1) is 4.90 Å². The summed E-state index contributed by atoms with van der Waals surface area (Å²) in [6.07, 6.45) is 0.198. The molecule has 0 unspecified atom stereocenters. The van der Waals surface area contributed by atoms with Crippen LogP contribution in [-0.4, -0.2) is 27.4 Å². The lowest BCUT2D eigenvalue weighted by Gasteiger charge is -2.17. The average Bonchev–Trinajstić information content (AvgIpc) is 2.95. The molecule has 1 aliphatic rings. The van der Waals surface area contributed by atoms with Gasteiger partial charge in [0.25, 0.3) is 0 Å². The minimum Gasteiger partial charge on any atom is -0.312 e.